The summed E-state index contributed by atoms with van der Waals surface area (Å²) < 4.78 is 37.2. The molecule has 5 nitrogen and oxygen atoms in total. The van der Waals surface area contributed by atoms with Gasteiger partial charge in [-0.3, -0.25) is 14.8 Å². The van der Waals surface area contributed by atoms with Crippen molar-refractivity contribution in [3.05, 3.63) is 41.5 Å². The van der Waals surface area contributed by atoms with E-state index in [0.29, 0.717) is 24.9 Å². The van der Waals surface area contributed by atoms with Crippen LogP contribution in [0.5, 0.6) is 0 Å². The molecular weight excluding hydrogens is 325 g/mol. The standard InChI is InChI=1S/C16H19F3N2O3/c17-16(18,19)13-8-5-12(6-9-13)7-10-14(22)20-11-3-1-2-4-15(23)21-24/h5-10,24H,1-4,11H2,(H,20,22)(H,21,23)/b10-7-. The van der Waals surface area contributed by atoms with E-state index in [1.54, 1.807) is 0 Å². The molecule has 0 aliphatic heterocycles. The predicted octanol–water partition coefficient (Wildman–Crippen LogP) is 2.90. The van der Waals surface area contributed by atoms with Crippen LogP contribution >= 0.6 is 0 Å². The Hall–Kier alpha value is -2.35. The first-order chi connectivity index (χ1) is 11.3. The molecule has 1 rings (SSSR count). The van der Waals surface area contributed by atoms with Crippen LogP contribution in [0.1, 0.15) is 36.8 Å². The second-order valence-corrected chi connectivity index (χ2v) is 5.09. The zero-order chi connectivity index (χ0) is 18.0. The molecule has 3 N–H and O–H groups in total. The molecule has 24 heavy (non-hydrogen) atoms. The normalized spacial score (nSPS) is 11.5. The number of hydroxylamine groups is 1. The number of carbonyl (C=O) groups excluding carboxylic acids is 2. The van der Waals surface area contributed by atoms with E-state index in [0.717, 1.165) is 18.6 Å². The zero-order valence-corrected chi connectivity index (χ0v) is 12.9. The van der Waals surface area contributed by atoms with E-state index in [1.165, 1.54) is 29.8 Å². The third-order valence-corrected chi connectivity index (χ3v) is 3.17. The van der Waals surface area contributed by atoms with Crippen LogP contribution in [0.25, 0.3) is 6.08 Å². The van der Waals surface area contributed by atoms with Crippen molar-refractivity contribution < 1.29 is 28.0 Å². The van der Waals surface area contributed by atoms with E-state index >= 15 is 0 Å². The molecule has 0 spiro atoms. The lowest BCUT2D eigenvalue weighted by Crippen LogP contribution is -2.22. The first kappa shape index (κ1) is 19.7. The summed E-state index contributed by atoms with van der Waals surface area (Å²) in [6.07, 6.45) is 0.525. The van der Waals surface area contributed by atoms with E-state index in [4.69, 9.17) is 5.21 Å². The smallest absolute Gasteiger partial charge is 0.353 e. The van der Waals surface area contributed by atoms with Crippen LogP contribution in [0, 0.1) is 0 Å². The fourth-order valence-electron chi connectivity index (χ4n) is 1.87. The van der Waals surface area contributed by atoms with E-state index < -0.39 is 17.6 Å². The minimum absolute atomic E-state index is 0.221. The Labute approximate surface area is 137 Å². The lowest BCUT2D eigenvalue weighted by Gasteiger charge is -2.06. The Balaban J connectivity index is 2.27. The van der Waals surface area contributed by atoms with Gasteiger partial charge in [-0.25, -0.2) is 5.48 Å². The minimum Gasteiger partial charge on any atom is -0.353 e. The van der Waals surface area contributed by atoms with Crippen molar-refractivity contribution in [1.29, 1.82) is 0 Å². The second kappa shape index (κ2) is 9.71. The van der Waals surface area contributed by atoms with Crippen LogP contribution in [0.15, 0.2) is 30.3 Å². The highest BCUT2D eigenvalue weighted by molar-refractivity contribution is 5.91. The van der Waals surface area contributed by atoms with Gasteiger partial charge in [-0.15, -0.1) is 0 Å². The van der Waals surface area contributed by atoms with Crippen LogP contribution in [0.2, 0.25) is 0 Å². The Kier molecular flexibility index (Phi) is 7.97. The molecular formula is C16H19F3N2O3. The average Bonchev–Trinajstić information content (AvgIpc) is 2.55. The van der Waals surface area contributed by atoms with Crippen molar-refractivity contribution >= 4 is 17.9 Å². The van der Waals surface area contributed by atoms with Gasteiger partial charge in [-0.05, 0) is 36.6 Å². The van der Waals surface area contributed by atoms with Crippen LogP contribution in [-0.4, -0.2) is 23.6 Å². The van der Waals surface area contributed by atoms with Crippen molar-refractivity contribution in [2.24, 2.45) is 0 Å². The topological polar surface area (TPSA) is 78.4 Å². The largest absolute Gasteiger partial charge is 0.416 e. The molecule has 2 amide bonds. The number of benzene rings is 1. The molecule has 0 aliphatic rings. The highest BCUT2D eigenvalue weighted by Crippen LogP contribution is 2.29. The summed E-state index contributed by atoms with van der Waals surface area (Å²) in [5, 5.41) is 10.9. The third-order valence-electron chi connectivity index (χ3n) is 3.17. The molecule has 0 fully saturated rings. The summed E-state index contributed by atoms with van der Waals surface area (Å²) in [5.41, 5.74) is 1.29. The van der Waals surface area contributed by atoms with Gasteiger partial charge in [0.05, 0.1) is 5.56 Å². The van der Waals surface area contributed by atoms with Gasteiger partial charge in [0.15, 0.2) is 0 Å². The summed E-state index contributed by atoms with van der Waals surface area (Å²) >= 11 is 0. The summed E-state index contributed by atoms with van der Waals surface area (Å²) in [5.74, 6) is -0.790. The Morgan fingerprint density at radius 3 is 2.33 bits per heavy atom. The number of hydrogen-bond acceptors (Lipinski definition) is 3. The zero-order valence-electron chi connectivity index (χ0n) is 12.9. The number of amides is 2. The maximum atomic E-state index is 12.4. The SMILES string of the molecule is O=C(/C=C\c1ccc(C(F)(F)F)cc1)NCCCCCC(=O)NO. The van der Waals surface area contributed by atoms with Gasteiger partial charge in [0, 0.05) is 19.0 Å². The van der Waals surface area contributed by atoms with Crippen LogP contribution in [0.3, 0.4) is 0 Å². The Morgan fingerprint density at radius 2 is 1.75 bits per heavy atom. The molecule has 0 bridgehead atoms. The van der Waals surface area contributed by atoms with Crippen molar-refractivity contribution in [2.75, 3.05) is 6.54 Å². The fraction of sp³-hybridized carbons (Fsp3) is 0.375. The number of carbonyl (C=O) groups is 2. The molecule has 0 heterocycles. The quantitative estimate of drug-likeness (QED) is 0.294. The molecule has 0 atom stereocenters. The first-order valence-electron chi connectivity index (χ1n) is 7.39. The fourth-order valence-corrected chi connectivity index (χ4v) is 1.87. The summed E-state index contributed by atoms with van der Waals surface area (Å²) in [7, 11) is 0. The van der Waals surface area contributed by atoms with Crippen molar-refractivity contribution in [3.63, 3.8) is 0 Å². The van der Waals surface area contributed by atoms with Crippen molar-refractivity contribution in [3.8, 4) is 0 Å². The van der Waals surface area contributed by atoms with Crippen LogP contribution in [0.4, 0.5) is 13.2 Å². The van der Waals surface area contributed by atoms with Gasteiger partial charge in [-0.1, -0.05) is 18.6 Å². The van der Waals surface area contributed by atoms with Gasteiger partial charge in [0.1, 0.15) is 0 Å². The second-order valence-electron chi connectivity index (χ2n) is 5.09. The van der Waals surface area contributed by atoms with Crippen LogP contribution < -0.4 is 10.8 Å². The van der Waals surface area contributed by atoms with Gasteiger partial charge in [0.25, 0.3) is 0 Å². The summed E-state index contributed by atoms with van der Waals surface area (Å²) in [4.78, 5) is 22.3. The molecule has 0 saturated carbocycles. The lowest BCUT2D eigenvalue weighted by atomic mass is 10.1. The molecule has 132 valence electrons. The van der Waals surface area contributed by atoms with Gasteiger partial charge >= 0.3 is 6.18 Å². The van der Waals surface area contributed by atoms with Crippen molar-refractivity contribution in [2.45, 2.75) is 31.9 Å². The Morgan fingerprint density at radius 1 is 1.08 bits per heavy atom. The Bertz CT molecular complexity index is 569. The van der Waals surface area contributed by atoms with E-state index in [9.17, 15) is 22.8 Å². The lowest BCUT2D eigenvalue weighted by molar-refractivity contribution is -0.137. The number of unbranched alkanes of at least 4 members (excludes halogenated alkanes) is 2. The molecule has 1 aromatic rings. The van der Waals surface area contributed by atoms with E-state index in [1.807, 2.05) is 0 Å². The summed E-state index contributed by atoms with van der Waals surface area (Å²) in [6, 6.07) is 4.50. The summed E-state index contributed by atoms with van der Waals surface area (Å²) in [6.45, 7) is 0.428. The molecule has 0 aliphatic carbocycles. The van der Waals surface area contributed by atoms with Crippen LogP contribution in [-0.2, 0) is 15.8 Å². The van der Waals surface area contributed by atoms with E-state index in [2.05, 4.69) is 5.32 Å². The molecule has 1 aromatic carbocycles. The highest BCUT2D eigenvalue weighted by atomic mass is 19.4. The maximum absolute atomic E-state index is 12.4. The molecule has 0 saturated heterocycles. The molecule has 0 radical (unpaired) electrons. The molecule has 0 aromatic heterocycles. The van der Waals surface area contributed by atoms with Gasteiger partial charge in [0.2, 0.25) is 11.8 Å². The minimum atomic E-state index is -4.38. The highest BCUT2D eigenvalue weighted by Gasteiger charge is 2.29. The molecule has 8 heteroatoms. The average molecular weight is 344 g/mol. The maximum Gasteiger partial charge on any atom is 0.416 e. The number of hydrogen-bond donors (Lipinski definition) is 3. The monoisotopic (exact) mass is 344 g/mol. The predicted molar refractivity (Wildman–Crippen MR) is 81.9 cm³/mol. The number of nitrogens with one attached hydrogen (secondary N) is 2. The van der Waals surface area contributed by atoms with Crippen molar-refractivity contribution in [1.82, 2.24) is 10.8 Å². The van der Waals surface area contributed by atoms with Gasteiger partial charge < -0.3 is 5.32 Å². The van der Waals surface area contributed by atoms with E-state index in [-0.39, 0.29) is 12.3 Å². The number of halogens is 3. The number of alkyl halides is 3. The first-order valence-corrected chi connectivity index (χ1v) is 7.39. The molecule has 0 unspecified atom stereocenters. The van der Waals surface area contributed by atoms with Gasteiger partial charge in [-0.2, -0.15) is 13.2 Å². The number of rotatable bonds is 8. The third kappa shape index (κ3) is 7.77.